The molecule has 3 aromatic rings. The Kier molecular flexibility index (Phi) is 3.45. The van der Waals surface area contributed by atoms with Crippen LogP contribution in [0.1, 0.15) is 40.2 Å². The number of carbonyl (C=O) groups excluding carboxylic acids is 1. The number of nitrogens with one attached hydrogen (secondary N) is 1. The number of fused-ring (bicyclic) bond motifs is 2. The lowest BCUT2D eigenvalue weighted by molar-refractivity contribution is 0.0971. The van der Waals surface area contributed by atoms with Gasteiger partial charge in [-0.3, -0.25) is 10.1 Å². The lowest BCUT2D eigenvalue weighted by atomic mass is 9.96. The number of benzene rings is 1. The number of carbonyl (C=O) groups is 1. The van der Waals surface area contributed by atoms with Gasteiger partial charge in [-0.25, -0.2) is 19.9 Å². The zero-order valence-corrected chi connectivity index (χ0v) is 13.6. The summed E-state index contributed by atoms with van der Waals surface area (Å²) in [6, 6.07) is 6.05. The number of ketones is 1. The molecule has 0 saturated carbocycles. The summed E-state index contributed by atoms with van der Waals surface area (Å²) >= 11 is 0. The first kappa shape index (κ1) is 14.7. The van der Waals surface area contributed by atoms with Crippen LogP contribution < -0.4 is 5.32 Å². The Morgan fingerprint density at radius 2 is 1.92 bits per heavy atom. The second-order valence-corrected chi connectivity index (χ2v) is 6.06. The molecule has 4 rings (SSSR count). The SMILES string of the molecule is Cc1nc(Nc2ncc3c(n2)CCCC3=O)nc2c(C)cccc12. The molecule has 6 nitrogen and oxygen atoms in total. The topological polar surface area (TPSA) is 80.7 Å². The average molecular weight is 319 g/mol. The molecular weight excluding hydrogens is 302 g/mol. The summed E-state index contributed by atoms with van der Waals surface area (Å²) < 4.78 is 0. The summed E-state index contributed by atoms with van der Waals surface area (Å²) in [6.07, 6.45) is 3.82. The fourth-order valence-corrected chi connectivity index (χ4v) is 3.06. The smallest absolute Gasteiger partial charge is 0.230 e. The highest BCUT2D eigenvalue weighted by Gasteiger charge is 2.19. The van der Waals surface area contributed by atoms with Crippen LogP contribution in [0.3, 0.4) is 0 Å². The standard InChI is InChI=1S/C18H17N5O/c1-10-5-3-6-12-11(2)20-18(22-16(10)12)23-17-19-9-13-14(21-17)7-4-8-15(13)24/h3,5-6,9H,4,7-8H2,1-2H3,(H,19,20,21,22,23). The van der Waals surface area contributed by atoms with Gasteiger partial charge in [-0.1, -0.05) is 18.2 Å². The zero-order chi connectivity index (χ0) is 16.7. The maximum absolute atomic E-state index is 11.9. The Morgan fingerprint density at radius 3 is 2.79 bits per heavy atom. The van der Waals surface area contributed by atoms with Crippen molar-refractivity contribution in [2.75, 3.05) is 5.32 Å². The molecule has 0 radical (unpaired) electrons. The number of para-hydroxylation sites is 1. The van der Waals surface area contributed by atoms with Crippen molar-refractivity contribution in [2.24, 2.45) is 0 Å². The van der Waals surface area contributed by atoms with E-state index in [1.54, 1.807) is 6.20 Å². The average Bonchev–Trinajstić information content (AvgIpc) is 2.56. The molecule has 0 aliphatic heterocycles. The zero-order valence-electron chi connectivity index (χ0n) is 13.6. The molecule has 1 N–H and O–H groups in total. The molecule has 0 amide bonds. The molecule has 6 heteroatoms. The Morgan fingerprint density at radius 1 is 1.04 bits per heavy atom. The van der Waals surface area contributed by atoms with Gasteiger partial charge in [0.1, 0.15) is 0 Å². The first-order chi connectivity index (χ1) is 11.6. The minimum absolute atomic E-state index is 0.122. The summed E-state index contributed by atoms with van der Waals surface area (Å²) in [5.74, 6) is 1.02. The van der Waals surface area contributed by atoms with Gasteiger partial charge in [0.15, 0.2) is 5.78 Å². The highest BCUT2D eigenvalue weighted by Crippen LogP contribution is 2.23. The van der Waals surface area contributed by atoms with Crippen LogP contribution in [0.5, 0.6) is 0 Å². The van der Waals surface area contributed by atoms with E-state index >= 15 is 0 Å². The largest absolute Gasteiger partial charge is 0.294 e. The van der Waals surface area contributed by atoms with Crippen molar-refractivity contribution in [1.82, 2.24) is 19.9 Å². The Hall–Kier alpha value is -2.89. The third-order valence-corrected chi connectivity index (χ3v) is 4.33. The van der Waals surface area contributed by atoms with E-state index in [1.807, 2.05) is 32.0 Å². The van der Waals surface area contributed by atoms with Crippen LogP contribution in [-0.4, -0.2) is 25.7 Å². The first-order valence-electron chi connectivity index (χ1n) is 8.02. The Labute approximate surface area is 139 Å². The van der Waals surface area contributed by atoms with Crippen molar-refractivity contribution < 1.29 is 4.79 Å². The van der Waals surface area contributed by atoms with Gasteiger partial charge >= 0.3 is 0 Å². The van der Waals surface area contributed by atoms with Crippen LogP contribution >= 0.6 is 0 Å². The molecule has 2 aromatic heterocycles. The minimum atomic E-state index is 0.122. The van der Waals surface area contributed by atoms with Gasteiger partial charge in [0.2, 0.25) is 11.9 Å². The number of hydrogen-bond acceptors (Lipinski definition) is 6. The second-order valence-electron chi connectivity index (χ2n) is 6.06. The van der Waals surface area contributed by atoms with E-state index in [-0.39, 0.29) is 5.78 Å². The summed E-state index contributed by atoms with van der Waals surface area (Å²) in [6.45, 7) is 3.99. The number of nitrogens with zero attached hydrogens (tertiary/aromatic N) is 4. The van der Waals surface area contributed by atoms with Crippen LogP contribution in [0.25, 0.3) is 10.9 Å². The number of rotatable bonds is 2. The van der Waals surface area contributed by atoms with E-state index in [1.165, 1.54) is 0 Å². The van der Waals surface area contributed by atoms with E-state index < -0.39 is 0 Å². The van der Waals surface area contributed by atoms with E-state index in [0.29, 0.717) is 23.9 Å². The molecule has 0 spiro atoms. The van der Waals surface area contributed by atoms with Crippen molar-refractivity contribution in [3.8, 4) is 0 Å². The Balaban J connectivity index is 1.72. The predicted octanol–water partition coefficient (Wildman–Crippen LogP) is 3.30. The van der Waals surface area contributed by atoms with Crippen molar-refractivity contribution in [1.29, 1.82) is 0 Å². The molecule has 120 valence electrons. The molecule has 24 heavy (non-hydrogen) atoms. The number of aryl methyl sites for hydroxylation is 3. The Bertz CT molecular complexity index is 967. The van der Waals surface area contributed by atoms with E-state index in [2.05, 4.69) is 25.3 Å². The molecule has 0 fully saturated rings. The molecule has 1 aromatic carbocycles. The van der Waals surface area contributed by atoms with Gasteiger partial charge in [-0.2, -0.15) is 0 Å². The molecule has 0 atom stereocenters. The molecule has 1 aliphatic rings. The van der Waals surface area contributed by atoms with Gasteiger partial charge in [0, 0.05) is 18.0 Å². The quantitative estimate of drug-likeness (QED) is 0.780. The predicted molar refractivity (Wildman–Crippen MR) is 91.6 cm³/mol. The van der Waals surface area contributed by atoms with Gasteiger partial charge in [0.25, 0.3) is 0 Å². The molecular formula is C18H17N5O. The van der Waals surface area contributed by atoms with Gasteiger partial charge in [0.05, 0.1) is 22.5 Å². The highest BCUT2D eigenvalue weighted by atomic mass is 16.1. The summed E-state index contributed by atoms with van der Waals surface area (Å²) in [5, 5.41) is 4.11. The number of aromatic nitrogens is 4. The van der Waals surface area contributed by atoms with Crippen LogP contribution in [0.2, 0.25) is 0 Å². The van der Waals surface area contributed by atoms with Crippen LogP contribution in [0.15, 0.2) is 24.4 Å². The molecule has 0 unspecified atom stereocenters. The van der Waals surface area contributed by atoms with Crippen molar-refractivity contribution in [2.45, 2.75) is 33.1 Å². The van der Waals surface area contributed by atoms with Crippen LogP contribution in [-0.2, 0) is 6.42 Å². The maximum Gasteiger partial charge on any atom is 0.230 e. The number of anilines is 2. The first-order valence-corrected chi connectivity index (χ1v) is 8.02. The second kappa shape index (κ2) is 5.63. The molecule has 0 saturated heterocycles. The van der Waals surface area contributed by atoms with Crippen molar-refractivity contribution >= 4 is 28.6 Å². The summed E-state index contributed by atoms with van der Waals surface area (Å²) in [5.41, 5.74) is 4.36. The van der Waals surface area contributed by atoms with Gasteiger partial charge < -0.3 is 0 Å². The fourth-order valence-electron chi connectivity index (χ4n) is 3.06. The molecule has 2 heterocycles. The normalized spacial score (nSPS) is 13.8. The molecule has 0 bridgehead atoms. The van der Waals surface area contributed by atoms with E-state index in [4.69, 9.17) is 0 Å². The molecule has 1 aliphatic carbocycles. The van der Waals surface area contributed by atoms with E-state index in [0.717, 1.165) is 40.7 Å². The lowest BCUT2D eigenvalue weighted by Crippen LogP contribution is -2.14. The third kappa shape index (κ3) is 2.50. The summed E-state index contributed by atoms with van der Waals surface area (Å²) in [7, 11) is 0. The summed E-state index contributed by atoms with van der Waals surface area (Å²) in [4.78, 5) is 29.7. The highest BCUT2D eigenvalue weighted by molar-refractivity contribution is 5.97. The van der Waals surface area contributed by atoms with Crippen LogP contribution in [0.4, 0.5) is 11.9 Å². The van der Waals surface area contributed by atoms with Crippen molar-refractivity contribution in [3.05, 3.63) is 46.9 Å². The number of Topliss-reactive ketones (excluding diaryl/α,β-unsaturated/α-hetero) is 1. The van der Waals surface area contributed by atoms with Crippen molar-refractivity contribution in [3.63, 3.8) is 0 Å². The van der Waals surface area contributed by atoms with E-state index in [9.17, 15) is 4.79 Å². The lowest BCUT2D eigenvalue weighted by Gasteiger charge is -2.14. The fraction of sp³-hybridized carbons (Fsp3) is 0.278. The monoisotopic (exact) mass is 319 g/mol. The van der Waals surface area contributed by atoms with Gasteiger partial charge in [-0.05, 0) is 32.3 Å². The maximum atomic E-state index is 11.9. The van der Waals surface area contributed by atoms with Gasteiger partial charge in [-0.15, -0.1) is 0 Å². The number of hydrogen-bond donors (Lipinski definition) is 1. The third-order valence-electron chi connectivity index (χ3n) is 4.33. The minimum Gasteiger partial charge on any atom is -0.294 e. The van der Waals surface area contributed by atoms with Crippen LogP contribution in [0, 0.1) is 13.8 Å².